The summed E-state index contributed by atoms with van der Waals surface area (Å²) < 4.78 is 27.5. The van der Waals surface area contributed by atoms with Gasteiger partial charge in [-0.3, -0.25) is 4.79 Å². The van der Waals surface area contributed by atoms with E-state index in [-0.39, 0.29) is 22.5 Å². The van der Waals surface area contributed by atoms with Gasteiger partial charge in [-0.2, -0.15) is 10.1 Å². The fourth-order valence-corrected chi connectivity index (χ4v) is 3.68. The second-order valence-corrected chi connectivity index (χ2v) is 8.94. The first-order valence-corrected chi connectivity index (χ1v) is 9.89. The molecule has 144 valence electrons. The lowest BCUT2D eigenvalue weighted by Gasteiger charge is -2.14. The second kappa shape index (κ2) is 6.95. The summed E-state index contributed by atoms with van der Waals surface area (Å²) in [5.41, 5.74) is 11.7. The van der Waals surface area contributed by atoms with E-state index in [9.17, 15) is 13.2 Å². The third kappa shape index (κ3) is 3.82. The van der Waals surface area contributed by atoms with Gasteiger partial charge in [0.15, 0.2) is 11.7 Å². The van der Waals surface area contributed by atoms with Crippen LogP contribution in [0, 0.1) is 0 Å². The molecule has 27 heavy (non-hydrogen) atoms. The van der Waals surface area contributed by atoms with E-state index in [0.717, 1.165) is 22.8 Å². The molecule has 0 radical (unpaired) electrons. The van der Waals surface area contributed by atoms with Gasteiger partial charge in [-0.15, -0.1) is 0 Å². The standard InChI is InChI=1S/C16H19ClN6O3S/c1-22(2)27(25,26)10-5-6-11(17)14(7-10)23-13(9-3-4-9)8-12(21-23)15(24)20-16(18)19/h5-9H,3-4H2,1-2H3,(H4,18,19,20,24). The number of sulfonamides is 1. The molecule has 2 aromatic rings. The predicted molar refractivity (Wildman–Crippen MR) is 102 cm³/mol. The van der Waals surface area contributed by atoms with Gasteiger partial charge in [-0.1, -0.05) is 11.6 Å². The Hall–Kier alpha value is -2.43. The molecule has 0 atom stereocenters. The Kier molecular flexibility index (Phi) is 4.98. The third-order valence-electron chi connectivity index (χ3n) is 4.11. The lowest BCUT2D eigenvalue weighted by atomic mass is 10.2. The Morgan fingerprint density at radius 1 is 1.30 bits per heavy atom. The van der Waals surface area contributed by atoms with Crippen LogP contribution in [0.4, 0.5) is 0 Å². The number of nitrogens with two attached hydrogens (primary N) is 2. The normalized spacial score (nSPS) is 14.4. The van der Waals surface area contributed by atoms with Crippen LogP contribution in [0.5, 0.6) is 0 Å². The molecule has 4 N–H and O–H groups in total. The molecule has 11 heteroatoms. The van der Waals surface area contributed by atoms with Crippen molar-refractivity contribution >= 4 is 33.5 Å². The maximum atomic E-state index is 12.4. The van der Waals surface area contributed by atoms with E-state index in [1.54, 1.807) is 6.07 Å². The summed E-state index contributed by atoms with van der Waals surface area (Å²) in [4.78, 5) is 15.7. The number of aliphatic imine (C=N–C) groups is 1. The number of aromatic nitrogens is 2. The molecule has 0 bridgehead atoms. The van der Waals surface area contributed by atoms with Crippen molar-refractivity contribution in [1.29, 1.82) is 0 Å². The van der Waals surface area contributed by atoms with Crippen molar-refractivity contribution in [3.63, 3.8) is 0 Å². The van der Waals surface area contributed by atoms with Gasteiger partial charge in [0, 0.05) is 25.7 Å². The minimum atomic E-state index is -3.66. The van der Waals surface area contributed by atoms with Crippen LogP contribution in [-0.4, -0.2) is 48.5 Å². The molecule has 0 saturated heterocycles. The van der Waals surface area contributed by atoms with Crippen molar-refractivity contribution in [2.75, 3.05) is 14.1 Å². The van der Waals surface area contributed by atoms with E-state index in [0.29, 0.717) is 10.7 Å². The predicted octanol–water partition coefficient (Wildman–Crippen LogP) is 1.07. The fraction of sp³-hybridized carbons (Fsp3) is 0.312. The van der Waals surface area contributed by atoms with E-state index in [1.165, 1.54) is 37.0 Å². The number of halogens is 1. The summed E-state index contributed by atoms with van der Waals surface area (Å²) in [5, 5.41) is 4.58. The van der Waals surface area contributed by atoms with Gasteiger partial charge in [-0.05, 0) is 37.1 Å². The highest BCUT2D eigenvalue weighted by molar-refractivity contribution is 7.89. The number of hydrogen-bond acceptors (Lipinski definition) is 4. The van der Waals surface area contributed by atoms with Crippen LogP contribution in [0.3, 0.4) is 0 Å². The average Bonchev–Trinajstić information content (AvgIpc) is 3.33. The van der Waals surface area contributed by atoms with Gasteiger partial charge < -0.3 is 11.5 Å². The van der Waals surface area contributed by atoms with Crippen molar-refractivity contribution in [3.05, 3.63) is 40.7 Å². The zero-order valence-electron chi connectivity index (χ0n) is 14.8. The van der Waals surface area contributed by atoms with Crippen molar-refractivity contribution in [1.82, 2.24) is 14.1 Å². The van der Waals surface area contributed by atoms with E-state index < -0.39 is 15.9 Å². The molecule has 1 amide bonds. The first kappa shape index (κ1) is 19.3. The molecule has 0 aliphatic heterocycles. The lowest BCUT2D eigenvalue weighted by Crippen LogP contribution is -2.24. The van der Waals surface area contributed by atoms with Crippen LogP contribution in [0.15, 0.2) is 34.2 Å². The van der Waals surface area contributed by atoms with Crippen molar-refractivity contribution < 1.29 is 13.2 Å². The number of guanidine groups is 1. The molecule has 1 aliphatic rings. The summed E-state index contributed by atoms with van der Waals surface area (Å²) in [5.74, 6) is -0.827. The highest BCUT2D eigenvalue weighted by Crippen LogP contribution is 2.42. The monoisotopic (exact) mass is 410 g/mol. The van der Waals surface area contributed by atoms with Crippen LogP contribution in [0.1, 0.15) is 34.9 Å². The summed E-state index contributed by atoms with van der Waals surface area (Å²) in [6.07, 6.45) is 1.88. The summed E-state index contributed by atoms with van der Waals surface area (Å²) in [6, 6.07) is 5.96. The first-order chi connectivity index (χ1) is 12.6. The molecular formula is C16H19ClN6O3S. The number of carbonyl (C=O) groups is 1. The van der Waals surface area contributed by atoms with Gasteiger partial charge in [0.25, 0.3) is 0 Å². The van der Waals surface area contributed by atoms with Gasteiger partial charge in [0.05, 0.1) is 15.6 Å². The van der Waals surface area contributed by atoms with Gasteiger partial charge in [0.1, 0.15) is 0 Å². The Morgan fingerprint density at radius 3 is 2.52 bits per heavy atom. The highest BCUT2D eigenvalue weighted by Gasteiger charge is 2.31. The molecule has 0 unspecified atom stereocenters. The number of nitrogens with zero attached hydrogens (tertiary/aromatic N) is 4. The Labute approximate surface area is 161 Å². The van der Waals surface area contributed by atoms with Crippen LogP contribution < -0.4 is 11.5 Å². The van der Waals surface area contributed by atoms with Gasteiger partial charge >= 0.3 is 5.91 Å². The number of carbonyl (C=O) groups excluding carboxylic acids is 1. The Balaban J connectivity index is 2.15. The smallest absolute Gasteiger partial charge is 0.300 e. The molecule has 1 aromatic carbocycles. The zero-order valence-corrected chi connectivity index (χ0v) is 16.3. The van der Waals surface area contributed by atoms with E-state index in [1.807, 2.05) is 0 Å². The molecule has 1 heterocycles. The van der Waals surface area contributed by atoms with Crippen LogP contribution >= 0.6 is 11.6 Å². The Morgan fingerprint density at radius 2 is 1.96 bits per heavy atom. The SMILES string of the molecule is CN(C)S(=O)(=O)c1ccc(Cl)c(-n2nc(C(=O)N=C(N)N)cc2C2CC2)c1. The van der Waals surface area contributed by atoms with Crippen LogP contribution in [-0.2, 0) is 10.0 Å². The molecule has 3 rings (SSSR count). The number of benzene rings is 1. The molecule has 1 aromatic heterocycles. The number of rotatable bonds is 5. The number of hydrogen-bond donors (Lipinski definition) is 2. The van der Waals surface area contributed by atoms with Crippen LogP contribution in [0.25, 0.3) is 5.69 Å². The topological polar surface area (TPSA) is 137 Å². The maximum Gasteiger partial charge on any atom is 0.300 e. The van der Waals surface area contributed by atoms with Gasteiger partial charge in [-0.25, -0.2) is 17.4 Å². The molecule has 1 saturated carbocycles. The molecule has 1 fully saturated rings. The van der Waals surface area contributed by atoms with Gasteiger partial charge in [0.2, 0.25) is 10.0 Å². The Bertz CT molecular complexity index is 1040. The van der Waals surface area contributed by atoms with E-state index in [2.05, 4.69) is 10.1 Å². The molecule has 9 nitrogen and oxygen atoms in total. The summed E-state index contributed by atoms with van der Waals surface area (Å²) in [6.45, 7) is 0. The summed E-state index contributed by atoms with van der Waals surface area (Å²) in [7, 11) is -0.768. The van der Waals surface area contributed by atoms with Crippen molar-refractivity contribution in [2.24, 2.45) is 16.5 Å². The second-order valence-electron chi connectivity index (χ2n) is 6.38. The highest BCUT2D eigenvalue weighted by atomic mass is 35.5. The maximum absolute atomic E-state index is 12.4. The molecule has 0 spiro atoms. The first-order valence-electron chi connectivity index (χ1n) is 8.07. The van der Waals surface area contributed by atoms with E-state index in [4.69, 9.17) is 23.1 Å². The van der Waals surface area contributed by atoms with Crippen molar-refractivity contribution in [3.8, 4) is 5.69 Å². The van der Waals surface area contributed by atoms with E-state index >= 15 is 0 Å². The minimum Gasteiger partial charge on any atom is -0.370 e. The fourth-order valence-electron chi connectivity index (χ4n) is 2.56. The number of amides is 1. The lowest BCUT2D eigenvalue weighted by molar-refractivity contribution is 0.0997. The quantitative estimate of drug-likeness (QED) is 0.558. The zero-order chi connectivity index (χ0) is 19.9. The largest absolute Gasteiger partial charge is 0.370 e. The average molecular weight is 411 g/mol. The van der Waals surface area contributed by atoms with Crippen LogP contribution in [0.2, 0.25) is 5.02 Å². The summed E-state index contributed by atoms with van der Waals surface area (Å²) >= 11 is 6.31. The third-order valence-corrected chi connectivity index (χ3v) is 6.24. The van der Waals surface area contributed by atoms with Crippen molar-refractivity contribution in [2.45, 2.75) is 23.7 Å². The minimum absolute atomic E-state index is 0.0576. The molecular weight excluding hydrogens is 392 g/mol. The molecule has 1 aliphatic carbocycles.